The molecule has 1 amide bonds. The van der Waals surface area contributed by atoms with Crippen molar-refractivity contribution in [2.75, 3.05) is 11.9 Å². The fourth-order valence-corrected chi connectivity index (χ4v) is 1.50. The van der Waals surface area contributed by atoms with Gasteiger partial charge in [0.25, 0.3) is 0 Å². The van der Waals surface area contributed by atoms with E-state index in [-0.39, 0.29) is 11.8 Å². The van der Waals surface area contributed by atoms with Crippen LogP contribution in [0.5, 0.6) is 0 Å². The summed E-state index contributed by atoms with van der Waals surface area (Å²) >= 11 is 4.86. The highest BCUT2D eigenvalue weighted by Gasteiger charge is 2.14. The van der Waals surface area contributed by atoms with Crippen molar-refractivity contribution in [3.8, 4) is 0 Å². The van der Waals surface area contributed by atoms with Gasteiger partial charge in [-0.1, -0.05) is 26.1 Å². The Morgan fingerprint density at radius 2 is 1.81 bits per heavy atom. The van der Waals surface area contributed by atoms with E-state index in [0.717, 1.165) is 11.3 Å². The van der Waals surface area contributed by atoms with Gasteiger partial charge in [0.15, 0.2) is 0 Å². The summed E-state index contributed by atoms with van der Waals surface area (Å²) in [6.45, 7) is 3.75. The Balaban J connectivity index is 2.89. The van der Waals surface area contributed by atoms with Crippen LogP contribution in [0.15, 0.2) is 24.3 Å². The molecular formula is C12H16N2OS. The number of thiocarbonyl (C=S) groups is 1. The van der Waals surface area contributed by atoms with E-state index in [1.807, 2.05) is 38.1 Å². The maximum absolute atomic E-state index is 11.7. The SMILES string of the molecule is CC(C)C(=O)N(C)c1ccc(C(N)=S)cc1. The Kier molecular flexibility index (Phi) is 4.01. The molecule has 0 spiro atoms. The first-order chi connectivity index (χ1) is 7.43. The van der Waals surface area contributed by atoms with Crippen molar-refractivity contribution >= 4 is 28.8 Å². The number of anilines is 1. The van der Waals surface area contributed by atoms with Gasteiger partial charge >= 0.3 is 0 Å². The highest BCUT2D eigenvalue weighted by atomic mass is 32.1. The van der Waals surface area contributed by atoms with Gasteiger partial charge in [0.2, 0.25) is 5.91 Å². The smallest absolute Gasteiger partial charge is 0.229 e. The van der Waals surface area contributed by atoms with Crippen LogP contribution in [-0.4, -0.2) is 17.9 Å². The van der Waals surface area contributed by atoms with Crippen LogP contribution in [-0.2, 0) is 4.79 Å². The van der Waals surface area contributed by atoms with Gasteiger partial charge in [-0.25, -0.2) is 0 Å². The van der Waals surface area contributed by atoms with Gasteiger partial charge in [0.05, 0.1) is 0 Å². The van der Waals surface area contributed by atoms with Gasteiger partial charge in [0.1, 0.15) is 4.99 Å². The van der Waals surface area contributed by atoms with Crippen molar-refractivity contribution in [3.63, 3.8) is 0 Å². The monoisotopic (exact) mass is 236 g/mol. The average Bonchev–Trinajstić information content (AvgIpc) is 2.27. The number of amides is 1. The molecule has 0 unspecified atom stereocenters. The zero-order valence-electron chi connectivity index (χ0n) is 9.73. The molecule has 0 aliphatic carbocycles. The molecule has 1 rings (SSSR count). The van der Waals surface area contributed by atoms with Crippen LogP contribution in [0.1, 0.15) is 19.4 Å². The Labute approximate surface area is 101 Å². The number of carbonyl (C=O) groups excluding carboxylic acids is 1. The Hall–Kier alpha value is -1.42. The molecule has 0 aromatic heterocycles. The molecule has 2 N–H and O–H groups in total. The van der Waals surface area contributed by atoms with Crippen molar-refractivity contribution < 1.29 is 4.79 Å². The Bertz CT molecular complexity index is 398. The lowest BCUT2D eigenvalue weighted by molar-refractivity contribution is -0.121. The van der Waals surface area contributed by atoms with Crippen LogP contribution in [0.2, 0.25) is 0 Å². The Morgan fingerprint density at radius 1 is 1.31 bits per heavy atom. The van der Waals surface area contributed by atoms with E-state index in [0.29, 0.717) is 4.99 Å². The third-order valence-electron chi connectivity index (χ3n) is 2.36. The first-order valence-corrected chi connectivity index (χ1v) is 5.51. The summed E-state index contributed by atoms with van der Waals surface area (Å²) in [6.07, 6.45) is 0. The third kappa shape index (κ3) is 2.79. The van der Waals surface area contributed by atoms with Crippen LogP contribution >= 0.6 is 12.2 Å². The molecule has 0 aliphatic heterocycles. The lowest BCUT2D eigenvalue weighted by Crippen LogP contribution is -2.30. The number of rotatable bonds is 3. The molecule has 0 saturated carbocycles. The predicted molar refractivity (Wildman–Crippen MR) is 70.6 cm³/mol. The molecule has 0 fully saturated rings. The molecule has 4 heteroatoms. The van der Waals surface area contributed by atoms with Gasteiger partial charge in [-0.15, -0.1) is 0 Å². The summed E-state index contributed by atoms with van der Waals surface area (Å²) < 4.78 is 0. The Morgan fingerprint density at radius 3 is 2.19 bits per heavy atom. The molecule has 0 heterocycles. The number of benzene rings is 1. The van der Waals surface area contributed by atoms with Gasteiger partial charge in [0, 0.05) is 24.2 Å². The van der Waals surface area contributed by atoms with Gasteiger partial charge < -0.3 is 10.6 Å². The van der Waals surface area contributed by atoms with Crippen molar-refractivity contribution in [1.29, 1.82) is 0 Å². The van der Waals surface area contributed by atoms with Crippen LogP contribution < -0.4 is 10.6 Å². The lowest BCUT2D eigenvalue weighted by atomic mass is 10.1. The van der Waals surface area contributed by atoms with E-state index < -0.39 is 0 Å². The lowest BCUT2D eigenvalue weighted by Gasteiger charge is -2.19. The molecule has 0 radical (unpaired) electrons. The van der Waals surface area contributed by atoms with Crippen molar-refractivity contribution in [3.05, 3.63) is 29.8 Å². The van der Waals surface area contributed by atoms with Gasteiger partial charge in [-0.2, -0.15) is 0 Å². The van der Waals surface area contributed by atoms with Gasteiger partial charge in [-0.3, -0.25) is 4.79 Å². The quantitative estimate of drug-likeness (QED) is 0.816. The zero-order chi connectivity index (χ0) is 12.3. The van der Waals surface area contributed by atoms with E-state index >= 15 is 0 Å². The van der Waals surface area contributed by atoms with Crippen molar-refractivity contribution in [2.45, 2.75) is 13.8 Å². The minimum absolute atomic E-state index is 0.0136. The van der Waals surface area contributed by atoms with Gasteiger partial charge in [-0.05, 0) is 24.3 Å². The minimum Gasteiger partial charge on any atom is -0.389 e. The first kappa shape index (κ1) is 12.6. The number of nitrogens with two attached hydrogens (primary N) is 1. The van der Waals surface area contributed by atoms with Crippen LogP contribution in [0.3, 0.4) is 0 Å². The fraction of sp³-hybridized carbons (Fsp3) is 0.333. The van der Waals surface area contributed by atoms with Crippen molar-refractivity contribution in [1.82, 2.24) is 0 Å². The first-order valence-electron chi connectivity index (χ1n) is 5.11. The highest BCUT2D eigenvalue weighted by molar-refractivity contribution is 7.80. The molecule has 0 saturated heterocycles. The minimum atomic E-state index is -0.0136. The number of hydrogen-bond acceptors (Lipinski definition) is 2. The summed E-state index contributed by atoms with van der Waals surface area (Å²) in [5.74, 6) is 0.0725. The standard InChI is InChI=1S/C12H16N2OS/c1-8(2)12(15)14(3)10-6-4-9(5-7-10)11(13)16/h4-8H,1-3H3,(H2,13,16). The summed E-state index contributed by atoms with van der Waals surface area (Å²) in [4.78, 5) is 13.7. The van der Waals surface area contributed by atoms with Crippen LogP contribution in [0.4, 0.5) is 5.69 Å². The van der Waals surface area contributed by atoms with Crippen LogP contribution in [0.25, 0.3) is 0 Å². The molecule has 86 valence electrons. The predicted octanol–water partition coefficient (Wildman–Crippen LogP) is 1.94. The van der Waals surface area contributed by atoms with E-state index in [9.17, 15) is 4.79 Å². The number of nitrogens with zero attached hydrogens (tertiary/aromatic N) is 1. The molecule has 3 nitrogen and oxygen atoms in total. The van der Waals surface area contributed by atoms with E-state index in [1.54, 1.807) is 11.9 Å². The zero-order valence-corrected chi connectivity index (χ0v) is 10.5. The highest BCUT2D eigenvalue weighted by Crippen LogP contribution is 2.16. The normalized spacial score (nSPS) is 10.2. The molecule has 1 aromatic rings. The molecule has 0 aliphatic rings. The van der Waals surface area contributed by atoms with Crippen molar-refractivity contribution in [2.24, 2.45) is 11.7 Å². The maximum Gasteiger partial charge on any atom is 0.229 e. The van der Waals surface area contributed by atoms with E-state index in [4.69, 9.17) is 18.0 Å². The largest absolute Gasteiger partial charge is 0.389 e. The van der Waals surface area contributed by atoms with E-state index in [2.05, 4.69) is 0 Å². The maximum atomic E-state index is 11.7. The second kappa shape index (κ2) is 5.07. The summed E-state index contributed by atoms with van der Waals surface area (Å²) in [5, 5.41) is 0. The van der Waals surface area contributed by atoms with Crippen LogP contribution in [0, 0.1) is 5.92 Å². The fourth-order valence-electron chi connectivity index (χ4n) is 1.36. The third-order valence-corrected chi connectivity index (χ3v) is 2.60. The molecule has 16 heavy (non-hydrogen) atoms. The summed E-state index contributed by atoms with van der Waals surface area (Å²) in [7, 11) is 1.76. The average molecular weight is 236 g/mol. The summed E-state index contributed by atoms with van der Waals surface area (Å²) in [6, 6.07) is 7.33. The summed E-state index contributed by atoms with van der Waals surface area (Å²) in [5.41, 5.74) is 7.15. The molecule has 0 atom stereocenters. The molecule has 0 bridgehead atoms. The van der Waals surface area contributed by atoms with E-state index in [1.165, 1.54) is 0 Å². The topological polar surface area (TPSA) is 46.3 Å². The second-order valence-electron chi connectivity index (χ2n) is 3.96. The number of carbonyl (C=O) groups is 1. The molecule has 1 aromatic carbocycles. The molecular weight excluding hydrogens is 220 g/mol. The second-order valence-corrected chi connectivity index (χ2v) is 4.40. The number of hydrogen-bond donors (Lipinski definition) is 1.